The van der Waals surface area contributed by atoms with Gasteiger partial charge in [-0.05, 0) is 42.5 Å². The van der Waals surface area contributed by atoms with Crippen LogP contribution in [0.3, 0.4) is 0 Å². The van der Waals surface area contributed by atoms with Crippen molar-refractivity contribution in [3.05, 3.63) is 59.5 Å². The molecule has 0 aliphatic rings. The Labute approximate surface area is 173 Å². The molecule has 7 heteroatoms. The minimum Gasteiger partial charge on any atom is -0.326 e. The van der Waals surface area contributed by atoms with Crippen LogP contribution in [0.1, 0.15) is 25.3 Å². The lowest BCUT2D eigenvalue weighted by Crippen LogP contribution is -2.20. The fourth-order valence-corrected chi connectivity index (χ4v) is 3.71. The largest absolute Gasteiger partial charge is 0.326 e. The third-order valence-electron chi connectivity index (χ3n) is 4.09. The number of nitrogens with one attached hydrogen (secondary N) is 3. The number of hydrogen-bond acceptors (Lipinski definition) is 6. The molecule has 1 aromatic heterocycles. The number of amides is 1. The second kappa shape index (κ2) is 10.3. The van der Waals surface area contributed by atoms with Gasteiger partial charge in [0, 0.05) is 34.5 Å². The highest BCUT2D eigenvalue weighted by Gasteiger charge is 2.06. The van der Waals surface area contributed by atoms with Gasteiger partial charge in [0.1, 0.15) is 0 Å². The molecule has 0 saturated heterocycles. The molecule has 5 nitrogen and oxygen atoms in total. The molecule has 0 bridgehead atoms. The number of benzene rings is 2. The summed E-state index contributed by atoms with van der Waals surface area (Å²) >= 11 is 3.29. The molecule has 2 aromatic carbocycles. The van der Waals surface area contributed by atoms with E-state index in [0.717, 1.165) is 35.0 Å². The van der Waals surface area contributed by atoms with Crippen LogP contribution in [0.4, 0.5) is 10.8 Å². The van der Waals surface area contributed by atoms with Crippen LogP contribution < -0.4 is 16.2 Å². The first-order valence-corrected chi connectivity index (χ1v) is 11.3. The van der Waals surface area contributed by atoms with Crippen LogP contribution in [-0.2, 0) is 11.3 Å². The normalized spacial score (nSPS) is 10.6. The first-order valence-electron chi connectivity index (χ1n) is 9.15. The van der Waals surface area contributed by atoms with Crippen LogP contribution in [0.15, 0.2) is 58.8 Å². The van der Waals surface area contributed by atoms with Crippen LogP contribution in [0.25, 0.3) is 11.3 Å². The molecule has 0 radical (unpaired) electrons. The van der Waals surface area contributed by atoms with Crippen LogP contribution >= 0.6 is 23.1 Å². The van der Waals surface area contributed by atoms with E-state index in [2.05, 4.69) is 51.7 Å². The molecule has 3 N–H and O–H groups in total. The van der Waals surface area contributed by atoms with Crippen molar-refractivity contribution in [2.24, 2.45) is 0 Å². The average molecular weight is 413 g/mol. The van der Waals surface area contributed by atoms with E-state index >= 15 is 0 Å². The predicted molar refractivity (Wildman–Crippen MR) is 120 cm³/mol. The molecular weight excluding hydrogens is 388 g/mol. The zero-order valence-electron chi connectivity index (χ0n) is 16.0. The number of anilines is 2. The van der Waals surface area contributed by atoms with Gasteiger partial charge in [0.15, 0.2) is 5.13 Å². The smallest absolute Gasteiger partial charge is 0.224 e. The second-order valence-corrected chi connectivity index (χ2v) is 7.98. The van der Waals surface area contributed by atoms with Gasteiger partial charge in [0.25, 0.3) is 0 Å². The highest BCUT2D eigenvalue weighted by atomic mass is 32.2. The molecule has 0 aliphatic heterocycles. The van der Waals surface area contributed by atoms with Crippen molar-refractivity contribution in [1.82, 2.24) is 10.4 Å². The summed E-state index contributed by atoms with van der Waals surface area (Å²) < 4.78 is 0. The standard InChI is InChI=1S/C21H24N4OS2/c1-3-4-20(26)23-17-9-7-16(8-10-17)19-14-28-21(24-19)25-22-13-15-5-11-18(27-2)12-6-15/h5-12,14,22H,3-4,13H2,1-2H3,(H,23,26)(H,24,25). The van der Waals surface area contributed by atoms with E-state index in [-0.39, 0.29) is 5.91 Å². The Balaban J connectivity index is 1.52. The Morgan fingerprint density at radius 3 is 2.54 bits per heavy atom. The molecule has 0 unspecified atom stereocenters. The van der Waals surface area contributed by atoms with Crippen LogP contribution in [-0.4, -0.2) is 17.1 Å². The molecular formula is C21H24N4OS2. The minimum absolute atomic E-state index is 0.0459. The maximum atomic E-state index is 11.7. The molecule has 0 aliphatic carbocycles. The highest BCUT2D eigenvalue weighted by Crippen LogP contribution is 2.25. The van der Waals surface area contributed by atoms with Crippen molar-refractivity contribution < 1.29 is 4.79 Å². The van der Waals surface area contributed by atoms with Gasteiger partial charge in [-0.25, -0.2) is 10.4 Å². The van der Waals surface area contributed by atoms with Crippen molar-refractivity contribution in [3.8, 4) is 11.3 Å². The monoisotopic (exact) mass is 412 g/mol. The molecule has 3 aromatic rings. The maximum absolute atomic E-state index is 11.7. The van der Waals surface area contributed by atoms with Crippen LogP contribution in [0.2, 0.25) is 0 Å². The number of aromatic nitrogens is 1. The van der Waals surface area contributed by atoms with E-state index < -0.39 is 0 Å². The summed E-state index contributed by atoms with van der Waals surface area (Å²) in [6, 6.07) is 16.2. The SMILES string of the molecule is CCCC(=O)Nc1ccc(-c2csc(NNCc3ccc(SC)cc3)n2)cc1. The van der Waals surface area contributed by atoms with Gasteiger partial charge in [-0.1, -0.05) is 31.2 Å². The number of thioether (sulfide) groups is 1. The van der Waals surface area contributed by atoms with Crippen LogP contribution in [0.5, 0.6) is 0 Å². The number of hydrogen-bond donors (Lipinski definition) is 3. The highest BCUT2D eigenvalue weighted by molar-refractivity contribution is 7.98. The molecule has 0 atom stereocenters. The number of carbonyl (C=O) groups is 1. The number of hydrazine groups is 1. The Kier molecular flexibility index (Phi) is 7.47. The lowest BCUT2D eigenvalue weighted by molar-refractivity contribution is -0.116. The minimum atomic E-state index is 0.0459. The van der Waals surface area contributed by atoms with Gasteiger partial charge < -0.3 is 5.32 Å². The molecule has 1 amide bonds. The Hall–Kier alpha value is -2.35. The fraction of sp³-hybridized carbons (Fsp3) is 0.238. The molecule has 0 saturated carbocycles. The third-order valence-corrected chi connectivity index (χ3v) is 5.59. The summed E-state index contributed by atoms with van der Waals surface area (Å²) in [4.78, 5) is 17.5. The quantitative estimate of drug-likeness (QED) is 0.325. The first kappa shape index (κ1) is 20.4. The Bertz CT molecular complexity index is 892. The Morgan fingerprint density at radius 2 is 1.86 bits per heavy atom. The molecule has 3 rings (SSSR count). The molecule has 28 heavy (non-hydrogen) atoms. The zero-order chi connectivity index (χ0) is 19.8. The van der Waals surface area contributed by atoms with Gasteiger partial charge in [0.2, 0.25) is 5.91 Å². The lowest BCUT2D eigenvalue weighted by atomic mass is 10.1. The average Bonchev–Trinajstić information content (AvgIpc) is 3.18. The fourth-order valence-electron chi connectivity index (χ4n) is 2.60. The molecule has 1 heterocycles. The van der Waals surface area contributed by atoms with Gasteiger partial charge in [-0.3, -0.25) is 10.2 Å². The topological polar surface area (TPSA) is 66.1 Å². The van der Waals surface area contributed by atoms with E-state index in [1.165, 1.54) is 10.5 Å². The van der Waals surface area contributed by atoms with E-state index in [9.17, 15) is 4.79 Å². The number of carbonyl (C=O) groups excluding carboxylic acids is 1. The van der Waals surface area contributed by atoms with Gasteiger partial charge >= 0.3 is 0 Å². The van der Waals surface area contributed by atoms with E-state index in [4.69, 9.17) is 0 Å². The zero-order valence-corrected chi connectivity index (χ0v) is 17.6. The van der Waals surface area contributed by atoms with Crippen molar-refractivity contribution in [2.75, 3.05) is 17.0 Å². The summed E-state index contributed by atoms with van der Waals surface area (Å²) in [7, 11) is 0. The summed E-state index contributed by atoms with van der Waals surface area (Å²) in [6.07, 6.45) is 3.46. The van der Waals surface area contributed by atoms with Gasteiger partial charge in [-0.15, -0.1) is 23.1 Å². The Morgan fingerprint density at radius 1 is 1.11 bits per heavy atom. The van der Waals surface area contributed by atoms with Crippen LogP contribution in [0, 0.1) is 0 Å². The summed E-state index contributed by atoms with van der Waals surface area (Å²) in [5.74, 6) is 0.0459. The summed E-state index contributed by atoms with van der Waals surface area (Å²) in [6.45, 7) is 2.71. The summed E-state index contributed by atoms with van der Waals surface area (Å²) in [5.41, 5.74) is 10.3. The molecule has 0 fully saturated rings. The number of thiazole rings is 1. The first-order chi connectivity index (χ1) is 13.7. The van der Waals surface area contributed by atoms with Gasteiger partial charge in [-0.2, -0.15) is 0 Å². The lowest BCUT2D eigenvalue weighted by Gasteiger charge is -2.06. The van der Waals surface area contributed by atoms with E-state index in [1.807, 2.05) is 36.6 Å². The van der Waals surface area contributed by atoms with E-state index in [0.29, 0.717) is 6.42 Å². The van der Waals surface area contributed by atoms with E-state index in [1.54, 1.807) is 23.1 Å². The van der Waals surface area contributed by atoms with Crippen molar-refractivity contribution in [1.29, 1.82) is 0 Å². The number of nitrogens with zero attached hydrogens (tertiary/aromatic N) is 1. The third kappa shape index (κ3) is 5.82. The predicted octanol–water partition coefficient (Wildman–Crippen LogP) is 5.39. The second-order valence-electron chi connectivity index (χ2n) is 6.24. The summed E-state index contributed by atoms with van der Waals surface area (Å²) in [5, 5.41) is 5.73. The van der Waals surface area contributed by atoms with Crippen molar-refractivity contribution in [2.45, 2.75) is 31.2 Å². The van der Waals surface area contributed by atoms with Gasteiger partial charge in [0.05, 0.1) is 5.69 Å². The molecule has 0 spiro atoms. The van der Waals surface area contributed by atoms with Crippen molar-refractivity contribution >= 4 is 39.8 Å². The number of rotatable bonds is 9. The van der Waals surface area contributed by atoms with Crippen molar-refractivity contribution in [3.63, 3.8) is 0 Å². The maximum Gasteiger partial charge on any atom is 0.224 e. The molecule has 146 valence electrons.